The summed E-state index contributed by atoms with van der Waals surface area (Å²) in [4.78, 5) is 10.7. The van der Waals surface area contributed by atoms with Crippen molar-refractivity contribution in [1.82, 2.24) is 0 Å². The largest absolute Gasteiger partial charge is 0.366 e. The van der Waals surface area contributed by atoms with Crippen LogP contribution in [0.1, 0.15) is 39.5 Å². The van der Waals surface area contributed by atoms with Crippen molar-refractivity contribution < 1.29 is 4.79 Å². The topological polar surface area (TPSA) is 43.1 Å². The van der Waals surface area contributed by atoms with Crippen molar-refractivity contribution in [2.75, 3.05) is 0 Å². The van der Waals surface area contributed by atoms with Crippen LogP contribution in [-0.2, 0) is 4.79 Å². The second-order valence-corrected chi connectivity index (χ2v) is 2.64. The van der Waals surface area contributed by atoms with E-state index in [1.165, 1.54) is 12.8 Å². The van der Waals surface area contributed by atoms with Gasteiger partial charge in [-0.3, -0.25) is 4.79 Å². The first-order chi connectivity index (χ1) is 5.22. The monoisotopic (exact) mass is 155 g/mol. The number of hydrogen-bond acceptors (Lipinski definition) is 1. The van der Waals surface area contributed by atoms with Gasteiger partial charge in [-0.2, -0.15) is 0 Å². The number of carbonyl (C=O) groups is 1. The van der Waals surface area contributed by atoms with Crippen molar-refractivity contribution >= 4 is 5.91 Å². The zero-order valence-corrected chi connectivity index (χ0v) is 7.39. The van der Waals surface area contributed by atoms with E-state index in [0.29, 0.717) is 0 Å². The van der Waals surface area contributed by atoms with Crippen molar-refractivity contribution in [2.24, 2.45) is 5.73 Å². The van der Waals surface area contributed by atoms with Gasteiger partial charge in [0.2, 0.25) is 5.91 Å². The first-order valence-corrected chi connectivity index (χ1v) is 4.17. The molecule has 0 aliphatic carbocycles. The number of hydrogen-bond donors (Lipinski definition) is 1. The third kappa shape index (κ3) is 4.59. The van der Waals surface area contributed by atoms with Crippen LogP contribution in [0.2, 0.25) is 0 Å². The Morgan fingerprint density at radius 1 is 1.45 bits per heavy atom. The highest BCUT2D eigenvalue weighted by Gasteiger charge is 2.01. The van der Waals surface area contributed by atoms with Crippen LogP contribution < -0.4 is 5.73 Å². The third-order valence-electron chi connectivity index (χ3n) is 1.71. The Labute approximate surface area is 68.5 Å². The fourth-order valence-electron chi connectivity index (χ4n) is 0.975. The molecule has 0 atom stereocenters. The zero-order valence-electron chi connectivity index (χ0n) is 7.39. The lowest BCUT2D eigenvalue weighted by atomic mass is 10.1. The smallest absolute Gasteiger partial charge is 0.244 e. The van der Waals surface area contributed by atoms with Gasteiger partial charge in [-0.15, -0.1) is 0 Å². The van der Waals surface area contributed by atoms with E-state index >= 15 is 0 Å². The molecular weight excluding hydrogens is 138 g/mol. The Balaban J connectivity index is 3.63. The number of carbonyl (C=O) groups excluding carboxylic acids is 1. The van der Waals surface area contributed by atoms with E-state index in [1.54, 1.807) is 6.08 Å². The molecule has 0 radical (unpaired) electrons. The van der Waals surface area contributed by atoms with Crippen LogP contribution >= 0.6 is 0 Å². The van der Waals surface area contributed by atoms with Crippen LogP contribution in [0.3, 0.4) is 0 Å². The molecule has 11 heavy (non-hydrogen) atoms. The summed E-state index contributed by atoms with van der Waals surface area (Å²) in [5.74, 6) is -0.274. The van der Waals surface area contributed by atoms with Crippen LogP contribution in [0.5, 0.6) is 0 Å². The number of primary amides is 1. The maximum Gasteiger partial charge on any atom is 0.244 e. The molecule has 0 saturated carbocycles. The van der Waals surface area contributed by atoms with Crippen molar-refractivity contribution in [3.63, 3.8) is 0 Å². The van der Waals surface area contributed by atoms with Gasteiger partial charge < -0.3 is 5.73 Å². The number of rotatable bonds is 5. The quantitative estimate of drug-likeness (QED) is 0.479. The molecule has 0 aliphatic rings. The Bertz CT molecular complexity index is 150. The summed E-state index contributed by atoms with van der Waals surface area (Å²) in [6, 6.07) is 0. The zero-order chi connectivity index (χ0) is 8.69. The number of nitrogens with two attached hydrogens (primary N) is 1. The molecule has 0 aliphatic heterocycles. The maximum absolute atomic E-state index is 10.7. The molecule has 64 valence electrons. The second kappa shape index (κ2) is 5.96. The van der Waals surface area contributed by atoms with E-state index in [-0.39, 0.29) is 5.91 Å². The van der Waals surface area contributed by atoms with E-state index in [9.17, 15) is 4.79 Å². The number of amides is 1. The first-order valence-electron chi connectivity index (χ1n) is 4.17. The Hall–Kier alpha value is -0.790. The van der Waals surface area contributed by atoms with Gasteiger partial charge in [0.1, 0.15) is 0 Å². The van der Waals surface area contributed by atoms with Gasteiger partial charge in [0, 0.05) is 5.57 Å². The summed E-state index contributed by atoms with van der Waals surface area (Å²) in [6.07, 6.45) is 6.05. The maximum atomic E-state index is 10.7. The highest BCUT2D eigenvalue weighted by molar-refractivity contribution is 5.91. The van der Waals surface area contributed by atoms with E-state index < -0.39 is 0 Å². The van der Waals surface area contributed by atoms with Gasteiger partial charge in [0.25, 0.3) is 0 Å². The first kappa shape index (κ1) is 10.2. The lowest BCUT2D eigenvalue weighted by molar-refractivity contribution is -0.114. The second-order valence-electron chi connectivity index (χ2n) is 2.64. The summed E-state index contributed by atoms with van der Waals surface area (Å²) in [5, 5.41) is 0. The summed E-state index contributed by atoms with van der Waals surface area (Å²) in [6.45, 7) is 3.99. The molecule has 2 nitrogen and oxygen atoms in total. The van der Waals surface area contributed by atoms with Crippen molar-refractivity contribution in [1.29, 1.82) is 0 Å². The molecule has 0 bridgehead atoms. The van der Waals surface area contributed by atoms with Crippen LogP contribution in [0.15, 0.2) is 11.6 Å². The minimum atomic E-state index is -0.274. The molecule has 0 unspecified atom stereocenters. The van der Waals surface area contributed by atoms with Crippen molar-refractivity contribution in [3.05, 3.63) is 11.6 Å². The standard InChI is InChI=1S/C9H17NO/c1-3-5-6-7-8(4-2)9(10)11/h4H,3,5-7H2,1-2H3,(H2,10,11). The lowest BCUT2D eigenvalue weighted by Crippen LogP contribution is -2.13. The minimum absolute atomic E-state index is 0.274. The normalized spacial score (nSPS) is 11.6. The Morgan fingerprint density at radius 3 is 2.45 bits per heavy atom. The van der Waals surface area contributed by atoms with Crippen molar-refractivity contribution in [3.8, 4) is 0 Å². The molecule has 0 saturated heterocycles. The van der Waals surface area contributed by atoms with Gasteiger partial charge in [-0.05, 0) is 19.8 Å². The fourth-order valence-corrected chi connectivity index (χ4v) is 0.975. The lowest BCUT2D eigenvalue weighted by Gasteiger charge is -2.00. The molecular formula is C9H17NO. The molecule has 0 fully saturated rings. The highest BCUT2D eigenvalue weighted by atomic mass is 16.1. The summed E-state index contributed by atoms with van der Waals surface area (Å²) in [5.41, 5.74) is 5.88. The van der Waals surface area contributed by atoms with Crippen molar-refractivity contribution in [2.45, 2.75) is 39.5 Å². The van der Waals surface area contributed by atoms with Gasteiger partial charge in [-0.1, -0.05) is 25.8 Å². The fraction of sp³-hybridized carbons (Fsp3) is 0.667. The molecule has 1 amide bonds. The predicted octanol–water partition coefficient (Wildman–Crippen LogP) is 2.00. The highest BCUT2D eigenvalue weighted by Crippen LogP contribution is 2.07. The van der Waals surface area contributed by atoms with E-state index in [4.69, 9.17) is 5.73 Å². The van der Waals surface area contributed by atoms with E-state index in [0.717, 1.165) is 18.4 Å². The van der Waals surface area contributed by atoms with Crippen LogP contribution in [0, 0.1) is 0 Å². The molecule has 0 heterocycles. The molecule has 0 aromatic rings. The van der Waals surface area contributed by atoms with E-state index in [1.807, 2.05) is 6.92 Å². The summed E-state index contributed by atoms with van der Waals surface area (Å²) < 4.78 is 0. The third-order valence-corrected chi connectivity index (χ3v) is 1.71. The Kier molecular flexibility index (Phi) is 5.53. The van der Waals surface area contributed by atoms with E-state index in [2.05, 4.69) is 6.92 Å². The predicted molar refractivity (Wildman–Crippen MR) is 47.1 cm³/mol. The van der Waals surface area contributed by atoms with Gasteiger partial charge in [0.15, 0.2) is 0 Å². The SMILES string of the molecule is CC=C(CCCCC)C(N)=O. The summed E-state index contributed by atoms with van der Waals surface area (Å²) in [7, 11) is 0. The van der Waals surface area contributed by atoms with Gasteiger partial charge in [0.05, 0.1) is 0 Å². The molecule has 2 heteroatoms. The molecule has 0 spiro atoms. The number of allylic oxidation sites excluding steroid dienone is 1. The van der Waals surface area contributed by atoms with Gasteiger partial charge in [-0.25, -0.2) is 0 Å². The molecule has 0 aromatic carbocycles. The minimum Gasteiger partial charge on any atom is -0.366 e. The molecule has 0 rings (SSSR count). The average Bonchev–Trinajstić information content (AvgIpc) is 1.97. The number of unbranched alkanes of at least 4 members (excludes halogenated alkanes) is 2. The Morgan fingerprint density at radius 2 is 2.09 bits per heavy atom. The molecule has 2 N–H and O–H groups in total. The van der Waals surface area contributed by atoms with Gasteiger partial charge >= 0.3 is 0 Å². The van der Waals surface area contributed by atoms with Crippen LogP contribution in [0.25, 0.3) is 0 Å². The van der Waals surface area contributed by atoms with Crippen LogP contribution in [0.4, 0.5) is 0 Å². The molecule has 0 aromatic heterocycles. The average molecular weight is 155 g/mol. The van der Waals surface area contributed by atoms with Crippen LogP contribution in [-0.4, -0.2) is 5.91 Å². The summed E-state index contributed by atoms with van der Waals surface area (Å²) >= 11 is 0.